The predicted molar refractivity (Wildman–Crippen MR) is 63.2 cm³/mol. The molecule has 0 unspecified atom stereocenters. The number of halogens is 3. The summed E-state index contributed by atoms with van der Waals surface area (Å²) in [6.45, 7) is 0. The van der Waals surface area contributed by atoms with E-state index >= 15 is 0 Å². The fraction of sp³-hybridized carbons (Fsp3) is 0.154. The van der Waals surface area contributed by atoms with Gasteiger partial charge in [-0.3, -0.25) is 4.79 Å². The van der Waals surface area contributed by atoms with Gasteiger partial charge < -0.3 is 4.74 Å². The molecule has 4 nitrogen and oxygen atoms in total. The lowest BCUT2D eigenvalue weighted by Crippen LogP contribution is -2.17. The van der Waals surface area contributed by atoms with E-state index in [-0.39, 0.29) is 23.8 Å². The molecule has 1 aromatic heterocycles. The number of benzene rings is 1. The van der Waals surface area contributed by atoms with Crippen molar-refractivity contribution in [1.82, 2.24) is 9.97 Å². The number of ketones is 1. The van der Waals surface area contributed by atoms with E-state index in [0.29, 0.717) is 5.56 Å². The highest BCUT2D eigenvalue weighted by atomic mass is 19.4. The molecule has 0 bridgehead atoms. The van der Waals surface area contributed by atoms with Gasteiger partial charge in [0.05, 0.1) is 0 Å². The van der Waals surface area contributed by atoms with Gasteiger partial charge in [0.2, 0.25) is 5.78 Å². The van der Waals surface area contributed by atoms with Crippen LogP contribution in [0.4, 0.5) is 13.2 Å². The zero-order chi connectivity index (χ0) is 14.6. The molecule has 0 aliphatic rings. The molecule has 104 valence electrons. The lowest BCUT2D eigenvalue weighted by atomic mass is 10.1. The number of rotatable bonds is 4. The lowest BCUT2D eigenvalue weighted by molar-refractivity contribution is -0.274. The van der Waals surface area contributed by atoms with Crippen LogP contribution in [0.3, 0.4) is 0 Å². The van der Waals surface area contributed by atoms with Gasteiger partial charge in [-0.2, -0.15) is 0 Å². The molecule has 1 heterocycles. The molecule has 0 saturated heterocycles. The van der Waals surface area contributed by atoms with Gasteiger partial charge in [0.1, 0.15) is 5.75 Å². The molecular weight excluding hydrogens is 273 g/mol. The molecule has 1 aromatic carbocycles. The van der Waals surface area contributed by atoms with Crippen LogP contribution in [0.5, 0.6) is 5.75 Å². The van der Waals surface area contributed by atoms with Crippen LogP contribution in [0.25, 0.3) is 0 Å². The average molecular weight is 282 g/mol. The van der Waals surface area contributed by atoms with Gasteiger partial charge in [-0.25, -0.2) is 9.97 Å². The van der Waals surface area contributed by atoms with Crippen molar-refractivity contribution < 1.29 is 22.7 Å². The summed E-state index contributed by atoms with van der Waals surface area (Å²) in [5, 5.41) is 0. The number of carbonyl (C=O) groups is 1. The average Bonchev–Trinajstić information content (AvgIpc) is 2.40. The SMILES string of the molecule is O=C(Cc1ccc(OC(F)(F)F)cc1)c1ncccn1. The molecule has 0 radical (unpaired) electrons. The first-order chi connectivity index (χ1) is 9.44. The third kappa shape index (κ3) is 4.04. The molecule has 0 N–H and O–H groups in total. The molecule has 0 atom stereocenters. The van der Waals surface area contributed by atoms with E-state index in [2.05, 4.69) is 14.7 Å². The van der Waals surface area contributed by atoms with Gasteiger partial charge in [0.25, 0.3) is 0 Å². The van der Waals surface area contributed by atoms with Crippen molar-refractivity contribution in [3.63, 3.8) is 0 Å². The third-order valence-corrected chi connectivity index (χ3v) is 2.34. The maximum Gasteiger partial charge on any atom is 0.573 e. The summed E-state index contributed by atoms with van der Waals surface area (Å²) >= 11 is 0. The van der Waals surface area contributed by atoms with Gasteiger partial charge in [0, 0.05) is 18.8 Å². The van der Waals surface area contributed by atoms with Crippen LogP contribution in [-0.4, -0.2) is 22.1 Å². The highest BCUT2D eigenvalue weighted by molar-refractivity contribution is 5.93. The van der Waals surface area contributed by atoms with Crippen molar-refractivity contribution >= 4 is 5.78 Å². The van der Waals surface area contributed by atoms with Crippen LogP contribution in [0.1, 0.15) is 16.2 Å². The molecule has 2 aromatic rings. The second-order valence-electron chi connectivity index (χ2n) is 3.86. The number of nitrogens with zero attached hydrogens (tertiary/aromatic N) is 2. The van der Waals surface area contributed by atoms with E-state index < -0.39 is 6.36 Å². The quantitative estimate of drug-likeness (QED) is 0.809. The van der Waals surface area contributed by atoms with E-state index in [1.165, 1.54) is 24.5 Å². The first kappa shape index (κ1) is 14.0. The molecular formula is C13H9F3N2O2. The number of alkyl halides is 3. The number of aromatic nitrogens is 2. The Balaban J connectivity index is 2.02. The summed E-state index contributed by atoms with van der Waals surface area (Å²) < 4.78 is 39.7. The molecule has 0 aliphatic carbocycles. The van der Waals surface area contributed by atoms with Gasteiger partial charge in [0.15, 0.2) is 5.82 Å². The van der Waals surface area contributed by atoms with Crippen LogP contribution in [0.2, 0.25) is 0 Å². The minimum Gasteiger partial charge on any atom is -0.406 e. The van der Waals surface area contributed by atoms with Gasteiger partial charge in [-0.1, -0.05) is 12.1 Å². The second kappa shape index (κ2) is 5.68. The van der Waals surface area contributed by atoms with Crippen LogP contribution in [-0.2, 0) is 6.42 Å². The van der Waals surface area contributed by atoms with E-state index in [9.17, 15) is 18.0 Å². The Morgan fingerprint density at radius 1 is 1.10 bits per heavy atom. The van der Waals surface area contributed by atoms with Crippen molar-refractivity contribution in [3.8, 4) is 5.75 Å². The highest BCUT2D eigenvalue weighted by Gasteiger charge is 2.30. The molecule has 0 fully saturated rings. The molecule has 7 heteroatoms. The van der Waals surface area contributed by atoms with E-state index in [0.717, 1.165) is 12.1 Å². The minimum absolute atomic E-state index is 0.0102. The molecule has 20 heavy (non-hydrogen) atoms. The Kier molecular flexibility index (Phi) is 3.97. The maximum absolute atomic E-state index is 12.0. The Morgan fingerprint density at radius 2 is 1.70 bits per heavy atom. The van der Waals surface area contributed by atoms with Crippen molar-refractivity contribution in [1.29, 1.82) is 0 Å². The Morgan fingerprint density at radius 3 is 2.25 bits per heavy atom. The number of hydrogen-bond donors (Lipinski definition) is 0. The fourth-order valence-electron chi connectivity index (χ4n) is 1.52. The first-order valence-corrected chi connectivity index (χ1v) is 5.59. The first-order valence-electron chi connectivity index (χ1n) is 5.59. The summed E-state index contributed by atoms with van der Waals surface area (Å²) in [5.41, 5.74) is 0.553. The number of Topliss-reactive ketones (excluding diaryl/α,β-unsaturated/α-hetero) is 1. The lowest BCUT2D eigenvalue weighted by Gasteiger charge is -2.08. The smallest absolute Gasteiger partial charge is 0.406 e. The molecule has 0 spiro atoms. The normalized spacial score (nSPS) is 11.2. The maximum atomic E-state index is 12.0. The van der Waals surface area contributed by atoms with E-state index in [1.807, 2.05) is 0 Å². The standard InChI is InChI=1S/C13H9F3N2O2/c14-13(15,16)20-10-4-2-9(3-5-10)8-11(19)12-17-6-1-7-18-12/h1-7H,8H2. The summed E-state index contributed by atoms with van der Waals surface area (Å²) in [7, 11) is 0. The Labute approximate surface area is 112 Å². The fourth-order valence-corrected chi connectivity index (χ4v) is 1.52. The second-order valence-corrected chi connectivity index (χ2v) is 3.86. The number of hydrogen-bond acceptors (Lipinski definition) is 4. The van der Waals surface area contributed by atoms with Crippen LogP contribution < -0.4 is 4.74 Å². The Bertz CT molecular complexity index is 583. The largest absolute Gasteiger partial charge is 0.573 e. The van der Waals surface area contributed by atoms with Crippen molar-refractivity contribution in [2.45, 2.75) is 12.8 Å². The number of ether oxygens (including phenoxy) is 1. The topological polar surface area (TPSA) is 52.1 Å². The van der Waals surface area contributed by atoms with Crippen molar-refractivity contribution in [2.24, 2.45) is 0 Å². The van der Waals surface area contributed by atoms with Crippen LogP contribution in [0, 0.1) is 0 Å². The van der Waals surface area contributed by atoms with Crippen LogP contribution in [0.15, 0.2) is 42.7 Å². The van der Waals surface area contributed by atoms with E-state index in [1.54, 1.807) is 6.07 Å². The number of carbonyl (C=O) groups excluding carboxylic acids is 1. The summed E-state index contributed by atoms with van der Waals surface area (Å²) in [4.78, 5) is 19.4. The van der Waals surface area contributed by atoms with Gasteiger partial charge >= 0.3 is 6.36 Å². The summed E-state index contributed by atoms with van der Waals surface area (Å²) in [6, 6.07) is 6.67. The molecule has 0 aliphatic heterocycles. The summed E-state index contributed by atoms with van der Waals surface area (Å²) in [5.74, 6) is -0.567. The monoisotopic (exact) mass is 282 g/mol. The molecule has 0 saturated carbocycles. The van der Waals surface area contributed by atoms with Gasteiger partial charge in [-0.05, 0) is 23.8 Å². The van der Waals surface area contributed by atoms with Gasteiger partial charge in [-0.15, -0.1) is 13.2 Å². The van der Waals surface area contributed by atoms with E-state index in [4.69, 9.17) is 0 Å². The highest BCUT2D eigenvalue weighted by Crippen LogP contribution is 2.22. The molecule has 0 amide bonds. The zero-order valence-corrected chi connectivity index (χ0v) is 10.1. The predicted octanol–water partition coefficient (Wildman–Crippen LogP) is 2.80. The van der Waals surface area contributed by atoms with Crippen molar-refractivity contribution in [2.75, 3.05) is 0 Å². The zero-order valence-electron chi connectivity index (χ0n) is 10.1. The molecule has 2 rings (SSSR count). The summed E-state index contributed by atoms with van der Waals surface area (Å²) in [6.07, 6.45) is -1.83. The Hall–Kier alpha value is -2.44. The minimum atomic E-state index is -4.73. The van der Waals surface area contributed by atoms with Crippen molar-refractivity contribution in [3.05, 3.63) is 54.1 Å². The third-order valence-electron chi connectivity index (χ3n) is 2.34. The van der Waals surface area contributed by atoms with Crippen LogP contribution >= 0.6 is 0 Å².